The second-order valence-corrected chi connectivity index (χ2v) is 6.87. The number of amides is 1. The monoisotopic (exact) mass is 354 g/mol. The predicted octanol–water partition coefficient (Wildman–Crippen LogP) is 2.51. The molecule has 3 aromatic rings. The van der Waals surface area contributed by atoms with Crippen LogP contribution in [-0.4, -0.2) is 30.6 Å². The van der Waals surface area contributed by atoms with E-state index in [0.29, 0.717) is 23.8 Å². The quantitative estimate of drug-likeness (QED) is 0.760. The molecule has 0 aliphatic heterocycles. The van der Waals surface area contributed by atoms with Gasteiger partial charge < -0.3 is 9.84 Å². The molecule has 8 heteroatoms. The van der Waals surface area contributed by atoms with Crippen molar-refractivity contribution in [2.24, 2.45) is 5.92 Å². The molecule has 0 aromatic carbocycles. The van der Waals surface area contributed by atoms with Crippen LogP contribution in [-0.2, 0) is 25.9 Å². The maximum absolute atomic E-state index is 12.6. The summed E-state index contributed by atoms with van der Waals surface area (Å²) in [5, 5.41) is 15.4. The summed E-state index contributed by atoms with van der Waals surface area (Å²) in [5.41, 5.74) is 3.04. The summed E-state index contributed by atoms with van der Waals surface area (Å²) >= 11 is 0. The van der Waals surface area contributed by atoms with E-state index in [9.17, 15) is 4.79 Å². The first kappa shape index (κ1) is 16.6. The fraction of sp³-hybridized carbons (Fsp3) is 0.444. The molecule has 1 N–H and O–H groups in total. The largest absolute Gasteiger partial charge is 0.360 e. The first-order valence-corrected chi connectivity index (χ1v) is 8.95. The van der Waals surface area contributed by atoms with Gasteiger partial charge >= 0.3 is 0 Å². The summed E-state index contributed by atoms with van der Waals surface area (Å²) in [4.78, 5) is 12.6. The van der Waals surface area contributed by atoms with Gasteiger partial charge in [-0.05, 0) is 25.7 Å². The van der Waals surface area contributed by atoms with E-state index in [1.54, 1.807) is 17.1 Å². The SMILES string of the molecule is CCn1cc(Cn2cc(NC(=O)c3noc4c3CC(C)CC4)cn2)cn1. The van der Waals surface area contributed by atoms with Crippen molar-refractivity contribution in [3.05, 3.63) is 47.4 Å². The number of rotatable bonds is 5. The van der Waals surface area contributed by atoms with E-state index in [1.165, 1.54) is 0 Å². The van der Waals surface area contributed by atoms with Crippen LogP contribution >= 0.6 is 0 Å². The molecule has 1 atom stereocenters. The summed E-state index contributed by atoms with van der Waals surface area (Å²) in [6, 6.07) is 0. The van der Waals surface area contributed by atoms with Crippen molar-refractivity contribution < 1.29 is 9.32 Å². The molecule has 1 aliphatic rings. The van der Waals surface area contributed by atoms with Crippen molar-refractivity contribution in [1.29, 1.82) is 0 Å². The van der Waals surface area contributed by atoms with E-state index in [4.69, 9.17) is 4.52 Å². The Labute approximate surface area is 151 Å². The summed E-state index contributed by atoms with van der Waals surface area (Å²) in [6.45, 7) is 5.66. The molecule has 1 amide bonds. The highest BCUT2D eigenvalue weighted by atomic mass is 16.5. The summed E-state index contributed by atoms with van der Waals surface area (Å²) in [6.07, 6.45) is 10.0. The number of anilines is 1. The molecule has 26 heavy (non-hydrogen) atoms. The molecule has 8 nitrogen and oxygen atoms in total. The molecule has 1 aliphatic carbocycles. The minimum absolute atomic E-state index is 0.248. The van der Waals surface area contributed by atoms with Crippen LogP contribution in [0.25, 0.3) is 0 Å². The van der Waals surface area contributed by atoms with E-state index in [-0.39, 0.29) is 5.91 Å². The molecule has 0 fully saturated rings. The highest BCUT2D eigenvalue weighted by molar-refractivity contribution is 6.03. The Morgan fingerprint density at radius 3 is 2.96 bits per heavy atom. The Morgan fingerprint density at radius 2 is 2.15 bits per heavy atom. The zero-order valence-corrected chi connectivity index (χ0v) is 15.0. The van der Waals surface area contributed by atoms with Crippen molar-refractivity contribution in [3.8, 4) is 0 Å². The summed E-state index contributed by atoms with van der Waals surface area (Å²) in [5.74, 6) is 1.14. The number of fused-ring (bicyclic) bond motifs is 1. The molecule has 1 unspecified atom stereocenters. The molecule has 0 radical (unpaired) electrons. The highest BCUT2D eigenvalue weighted by Crippen LogP contribution is 2.28. The van der Waals surface area contributed by atoms with Gasteiger partial charge in [0.2, 0.25) is 0 Å². The smallest absolute Gasteiger partial charge is 0.278 e. The fourth-order valence-electron chi connectivity index (χ4n) is 3.31. The normalized spacial score (nSPS) is 16.5. The first-order chi connectivity index (χ1) is 12.6. The van der Waals surface area contributed by atoms with Gasteiger partial charge in [-0.25, -0.2) is 0 Å². The third kappa shape index (κ3) is 3.26. The van der Waals surface area contributed by atoms with Crippen LogP contribution in [0.4, 0.5) is 5.69 Å². The lowest BCUT2D eigenvalue weighted by molar-refractivity contribution is 0.101. The third-order valence-electron chi connectivity index (χ3n) is 4.75. The number of carbonyl (C=O) groups excluding carboxylic acids is 1. The predicted molar refractivity (Wildman–Crippen MR) is 94.9 cm³/mol. The summed E-state index contributed by atoms with van der Waals surface area (Å²) < 4.78 is 8.99. The number of hydrogen-bond acceptors (Lipinski definition) is 5. The van der Waals surface area contributed by atoms with Crippen LogP contribution in [0.1, 0.15) is 47.6 Å². The van der Waals surface area contributed by atoms with Gasteiger partial charge in [-0.15, -0.1) is 0 Å². The fourth-order valence-corrected chi connectivity index (χ4v) is 3.31. The number of carbonyl (C=O) groups is 1. The molecular weight excluding hydrogens is 332 g/mol. The van der Waals surface area contributed by atoms with Crippen LogP contribution in [0.15, 0.2) is 29.3 Å². The number of hydrogen-bond donors (Lipinski definition) is 1. The average Bonchev–Trinajstić information content (AvgIpc) is 3.34. The molecule has 0 saturated heterocycles. The van der Waals surface area contributed by atoms with Crippen LogP contribution in [0, 0.1) is 5.92 Å². The zero-order chi connectivity index (χ0) is 18.1. The van der Waals surface area contributed by atoms with E-state index >= 15 is 0 Å². The Balaban J connectivity index is 1.44. The number of nitrogens with zero attached hydrogens (tertiary/aromatic N) is 5. The Bertz CT molecular complexity index is 922. The van der Waals surface area contributed by atoms with Crippen LogP contribution in [0.5, 0.6) is 0 Å². The van der Waals surface area contributed by atoms with Crippen LogP contribution < -0.4 is 5.32 Å². The van der Waals surface area contributed by atoms with Crippen LogP contribution in [0.3, 0.4) is 0 Å². The Morgan fingerprint density at radius 1 is 1.31 bits per heavy atom. The van der Waals surface area contributed by atoms with Crippen molar-refractivity contribution >= 4 is 11.6 Å². The van der Waals surface area contributed by atoms with Crippen molar-refractivity contribution in [2.45, 2.75) is 46.2 Å². The number of aromatic nitrogens is 5. The van der Waals surface area contributed by atoms with Gasteiger partial charge in [0.1, 0.15) is 5.76 Å². The van der Waals surface area contributed by atoms with Gasteiger partial charge in [0.05, 0.1) is 24.6 Å². The lowest BCUT2D eigenvalue weighted by atomic mass is 9.88. The maximum atomic E-state index is 12.6. The van der Waals surface area contributed by atoms with Crippen molar-refractivity contribution in [1.82, 2.24) is 24.7 Å². The lowest BCUT2D eigenvalue weighted by Crippen LogP contribution is -2.17. The van der Waals surface area contributed by atoms with Gasteiger partial charge in [0.15, 0.2) is 5.69 Å². The molecule has 0 bridgehead atoms. The third-order valence-corrected chi connectivity index (χ3v) is 4.75. The van der Waals surface area contributed by atoms with E-state index in [2.05, 4.69) is 27.6 Å². The second kappa shape index (κ2) is 6.78. The molecule has 3 aromatic heterocycles. The van der Waals surface area contributed by atoms with Gasteiger partial charge in [-0.2, -0.15) is 10.2 Å². The molecular formula is C18H22N6O2. The Kier molecular flexibility index (Phi) is 4.32. The standard InChI is InChI=1S/C18H22N6O2/c1-3-23-9-13(7-19-23)10-24-11-14(8-20-24)21-18(25)17-15-6-12(2)4-5-16(15)26-22-17/h7-9,11-12H,3-6,10H2,1-2H3,(H,21,25). The second-order valence-electron chi connectivity index (χ2n) is 6.87. The van der Waals surface area contributed by atoms with E-state index in [1.807, 2.05) is 24.0 Å². The molecule has 4 rings (SSSR count). The summed E-state index contributed by atoms with van der Waals surface area (Å²) in [7, 11) is 0. The number of aryl methyl sites for hydroxylation is 2. The maximum Gasteiger partial charge on any atom is 0.278 e. The van der Waals surface area contributed by atoms with Gasteiger partial charge in [0.25, 0.3) is 5.91 Å². The van der Waals surface area contributed by atoms with Crippen LogP contribution in [0.2, 0.25) is 0 Å². The molecule has 3 heterocycles. The first-order valence-electron chi connectivity index (χ1n) is 8.95. The van der Waals surface area contributed by atoms with Crippen molar-refractivity contribution in [3.63, 3.8) is 0 Å². The average molecular weight is 354 g/mol. The topological polar surface area (TPSA) is 90.8 Å². The van der Waals surface area contributed by atoms with E-state index < -0.39 is 0 Å². The minimum Gasteiger partial charge on any atom is -0.360 e. The lowest BCUT2D eigenvalue weighted by Gasteiger charge is -2.16. The highest BCUT2D eigenvalue weighted by Gasteiger charge is 2.27. The molecule has 0 saturated carbocycles. The minimum atomic E-state index is -0.248. The Hall–Kier alpha value is -2.90. The number of nitrogens with one attached hydrogen (secondary N) is 1. The zero-order valence-electron chi connectivity index (χ0n) is 15.0. The molecule has 0 spiro atoms. The van der Waals surface area contributed by atoms with E-state index in [0.717, 1.165) is 42.7 Å². The van der Waals surface area contributed by atoms with Gasteiger partial charge in [-0.1, -0.05) is 12.1 Å². The van der Waals surface area contributed by atoms with Gasteiger partial charge in [0, 0.05) is 36.5 Å². The van der Waals surface area contributed by atoms with Crippen molar-refractivity contribution in [2.75, 3.05) is 5.32 Å². The van der Waals surface area contributed by atoms with Gasteiger partial charge in [-0.3, -0.25) is 14.2 Å². The molecule has 136 valence electrons.